The number of hydrogen-bond donors (Lipinski definition) is 0. The Morgan fingerprint density at radius 3 is 1.22 bits per heavy atom. The lowest BCUT2D eigenvalue weighted by atomic mass is 9.77. The van der Waals surface area contributed by atoms with Gasteiger partial charge in [0.05, 0.1) is 25.6 Å². The fourth-order valence-electron chi connectivity index (χ4n) is 8.46. The highest BCUT2D eigenvalue weighted by Gasteiger charge is 2.23. The van der Waals surface area contributed by atoms with Gasteiger partial charge >= 0.3 is 0 Å². The zero-order chi connectivity index (χ0) is 41.3. The molecule has 6 rings (SSSR count). The molecule has 2 heterocycles. The lowest BCUT2D eigenvalue weighted by molar-refractivity contribution is 0.304. The molecule has 0 spiro atoms. The summed E-state index contributed by atoms with van der Waals surface area (Å²) in [5.41, 5.74) is 6.63. The Morgan fingerprint density at radius 2 is 0.847 bits per heavy atom. The van der Waals surface area contributed by atoms with Crippen LogP contribution in [0, 0.1) is 35.5 Å². The monoisotopic (exact) mass is 793 g/mol. The Morgan fingerprint density at radius 1 is 0.441 bits per heavy atom. The molecule has 0 unspecified atom stereocenters. The van der Waals surface area contributed by atoms with Crippen molar-refractivity contribution >= 4 is 0 Å². The van der Waals surface area contributed by atoms with Gasteiger partial charge in [0.1, 0.15) is 22.9 Å². The minimum Gasteiger partial charge on any atom is -0.492 e. The number of pyridine rings is 2. The van der Waals surface area contributed by atoms with E-state index in [4.69, 9.17) is 9.47 Å². The average molecular weight is 793 g/mol. The lowest BCUT2D eigenvalue weighted by Gasteiger charge is -2.28. The summed E-state index contributed by atoms with van der Waals surface area (Å²) in [5, 5.41) is 0. The first-order valence-corrected chi connectivity index (χ1v) is 23.5. The fourth-order valence-corrected chi connectivity index (χ4v) is 8.46. The van der Waals surface area contributed by atoms with E-state index >= 15 is 0 Å². The van der Waals surface area contributed by atoms with Gasteiger partial charge in [-0.3, -0.25) is 0 Å². The summed E-state index contributed by atoms with van der Waals surface area (Å²) in [6.45, 7) is 10.5. The van der Waals surface area contributed by atoms with E-state index in [0.29, 0.717) is 0 Å². The van der Waals surface area contributed by atoms with Crippen LogP contribution >= 0.6 is 0 Å². The van der Waals surface area contributed by atoms with Gasteiger partial charge in [-0.25, -0.2) is 9.97 Å². The Labute approximate surface area is 358 Å². The van der Waals surface area contributed by atoms with E-state index in [2.05, 4.69) is 110 Å². The molecule has 0 radical (unpaired) electrons. The van der Waals surface area contributed by atoms with Crippen molar-refractivity contribution in [2.45, 2.75) is 162 Å². The van der Waals surface area contributed by atoms with E-state index in [-0.39, 0.29) is 0 Å². The van der Waals surface area contributed by atoms with Crippen molar-refractivity contribution < 1.29 is 9.47 Å². The summed E-state index contributed by atoms with van der Waals surface area (Å²) in [5.74, 6) is 17.9. The number of rotatable bonds is 17. The number of aromatic nitrogens is 2. The molecule has 2 aromatic carbocycles. The third kappa shape index (κ3) is 16.6. The maximum absolute atomic E-state index is 5.71. The summed E-state index contributed by atoms with van der Waals surface area (Å²) >= 11 is 0. The second-order valence-electron chi connectivity index (χ2n) is 17.0. The molecule has 0 N–H and O–H groups in total. The second-order valence-corrected chi connectivity index (χ2v) is 17.0. The Bertz CT molecular complexity index is 1840. The van der Waals surface area contributed by atoms with E-state index < -0.39 is 0 Å². The molecule has 314 valence electrons. The molecule has 0 bridgehead atoms. The third-order valence-corrected chi connectivity index (χ3v) is 12.3. The highest BCUT2D eigenvalue weighted by Crippen LogP contribution is 2.39. The lowest BCUT2D eigenvalue weighted by Crippen LogP contribution is -2.13. The molecular weight excluding hydrogens is 721 g/mol. The molecule has 0 aliphatic heterocycles. The molecule has 4 nitrogen and oxygen atoms in total. The van der Waals surface area contributed by atoms with Crippen LogP contribution in [0.25, 0.3) is 0 Å². The van der Waals surface area contributed by atoms with Crippen LogP contribution < -0.4 is 9.47 Å². The summed E-state index contributed by atoms with van der Waals surface area (Å²) in [7, 11) is 0. The molecule has 0 atom stereocenters. The molecule has 4 heteroatoms. The van der Waals surface area contributed by atoms with Gasteiger partial charge in [0, 0.05) is 11.1 Å². The predicted molar refractivity (Wildman–Crippen MR) is 247 cm³/mol. The summed E-state index contributed by atoms with van der Waals surface area (Å²) in [6, 6.07) is 25.5. The Kier molecular flexibility index (Phi) is 20.5. The van der Waals surface area contributed by atoms with E-state index in [1.807, 2.05) is 24.3 Å². The normalized spacial score (nSPS) is 18.6. The summed E-state index contributed by atoms with van der Waals surface area (Å²) < 4.78 is 11.4. The van der Waals surface area contributed by atoms with E-state index in [1.165, 1.54) is 114 Å². The third-order valence-electron chi connectivity index (χ3n) is 12.3. The van der Waals surface area contributed by atoms with Crippen LogP contribution in [0.5, 0.6) is 11.5 Å². The standard InChI is InChI=1S/C28H37NO.C27H35NO/c1-3-5-7-21-30-28-20-19-27(29-22-28)18-13-24-11-16-26(17-12-24)25-14-9-23(10-15-25)8-6-4-2;1-3-5-7-22-8-13-24(14-9-22)25-15-10-23(11-16-25)12-17-26-18-19-27(21-28-26)29-20-6-4-2/h11-12,16-17,19-20,22-23,25H,3-10,14-15,21H2,1-2H3;10-11,15-16,18-19,21-22,24H,3-9,13-14,20H2,1-2H3/t23-,25-;22-,24-. The van der Waals surface area contributed by atoms with Crippen LogP contribution in [0.15, 0.2) is 85.2 Å². The number of ether oxygens (including phenoxy) is 2. The van der Waals surface area contributed by atoms with Crippen molar-refractivity contribution in [1.29, 1.82) is 0 Å². The van der Waals surface area contributed by atoms with Gasteiger partial charge in [0.2, 0.25) is 0 Å². The van der Waals surface area contributed by atoms with E-state index in [9.17, 15) is 0 Å². The van der Waals surface area contributed by atoms with Crippen LogP contribution in [0.4, 0.5) is 0 Å². The minimum absolute atomic E-state index is 0.733. The Hall–Kier alpha value is -4.54. The highest BCUT2D eigenvalue weighted by atomic mass is 16.5. The molecule has 0 amide bonds. The molecule has 4 aromatic rings. The van der Waals surface area contributed by atoms with E-state index in [0.717, 1.165) is 90.2 Å². The largest absolute Gasteiger partial charge is 0.492 e. The predicted octanol–water partition coefficient (Wildman–Crippen LogP) is 14.6. The molecule has 0 saturated heterocycles. The van der Waals surface area contributed by atoms with Crippen molar-refractivity contribution in [2.75, 3.05) is 13.2 Å². The van der Waals surface area contributed by atoms with Gasteiger partial charge < -0.3 is 9.47 Å². The van der Waals surface area contributed by atoms with Gasteiger partial charge in [-0.05, 0) is 159 Å². The van der Waals surface area contributed by atoms with Gasteiger partial charge in [0.25, 0.3) is 0 Å². The second kappa shape index (κ2) is 26.5. The van der Waals surface area contributed by atoms with Crippen molar-refractivity contribution in [3.05, 3.63) is 119 Å². The molecule has 2 aliphatic carbocycles. The number of unbranched alkanes of at least 4 members (excludes halogenated alkanes) is 5. The molecule has 59 heavy (non-hydrogen) atoms. The van der Waals surface area contributed by atoms with Crippen molar-refractivity contribution in [1.82, 2.24) is 9.97 Å². The molecule has 2 saturated carbocycles. The Balaban J connectivity index is 0.000000224. The SMILES string of the molecule is CCCCCOc1ccc(C#Cc2ccc([C@H]3CC[C@H](CCCC)CC3)cc2)nc1.CCCCOc1ccc(C#Cc2ccc([C@H]3CC[C@H](CCCC)CC3)cc2)nc1. The van der Waals surface area contributed by atoms with Crippen molar-refractivity contribution in [3.63, 3.8) is 0 Å². The highest BCUT2D eigenvalue weighted by molar-refractivity contribution is 5.43. The molecular formula is C55H72N2O2. The smallest absolute Gasteiger partial charge is 0.137 e. The average Bonchev–Trinajstić information content (AvgIpc) is 3.29. The van der Waals surface area contributed by atoms with Crippen LogP contribution in [0.3, 0.4) is 0 Å². The van der Waals surface area contributed by atoms with Gasteiger partial charge in [-0.1, -0.05) is 122 Å². The van der Waals surface area contributed by atoms with Crippen LogP contribution in [-0.2, 0) is 0 Å². The van der Waals surface area contributed by atoms with Gasteiger partial charge in [0.15, 0.2) is 0 Å². The van der Waals surface area contributed by atoms with Crippen molar-refractivity contribution in [2.24, 2.45) is 11.8 Å². The fraction of sp³-hybridized carbons (Fsp3) is 0.527. The molecule has 2 aromatic heterocycles. The first-order valence-electron chi connectivity index (χ1n) is 23.5. The number of benzene rings is 2. The van der Waals surface area contributed by atoms with Gasteiger partial charge in [-0.15, -0.1) is 0 Å². The first-order chi connectivity index (χ1) is 29.1. The van der Waals surface area contributed by atoms with Crippen LogP contribution in [-0.4, -0.2) is 23.2 Å². The molecule has 2 aliphatic rings. The van der Waals surface area contributed by atoms with E-state index in [1.54, 1.807) is 12.4 Å². The summed E-state index contributed by atoms with van der Waals surface area (Å²) in [4.78, 5) is 8.81. The van der Waals surface area contributed by atoms with Crippen LogP contribution in [0.2, 0.25) is 0 Å². The quantitative estimate of drug-likeness (QED) is 0.0789. The number of nitrogens with zero attached hydrogens (tertiary/aromatic N) is 2. The zero-order valence-corrected chi connectivity index (χ0v) is 37.0. The minimum atomic E-state index is 0.733. The zero-order valence-electron chi connectivity index (χ0n) is 37.0. The topological polar surface area (TPSA) is 44.2 Å². The van der Waals surface area contributed by atoms with Crippen LogP contribution in [0.1, 0.15) is 195 Å². The van der Waals surface area contributed by atoms with Crippen molar-refractivity contribution in [3.8, 4) is 35.2 Å². The number of hydrogen-bond acceptors (Lipinski definition) is 4. The molecule has 2 fully saturated rings. The maximum Gasteiger partial charge on any atom is 0.137 e. The van der Waals surface area contributed by atoms with Gasteiger partial charge in [-0.2, -0.15) is 0 Å². The summed E-state index contributed by atoms with van der Waals surface area (Å²) in [6.07, 6.45) is 28.5. The first kappa shape index (κ1) is 45.5. The maximum atomic E-state index is 5.71.